The molecule has 0 bridgehead atoms. The van der Waals surface area contributed by atoms with Gasteiger partial charge in [0.2, 0.25) is 0 Å². The molecule has 23 heavy (non-hydrogen) atoms. The summed E-state index contributed by atoms with van der Waals surface area (Å²) in [6.07, 6.45) is 2.79. The molecule has 3 aromatic rings. The molecule has 0 spiro atoms. The zero-order valence-corrected chi connectivity index (χ0v) is 13.7. The van der Waals surface area contributed by atoms with Crippen LogP contribution in [0, 0.1) is 0 Å². The molecule has 0 saturated carbocycles. The summed E-state index contributed by atoms with van der Waals surface area (Å²) in [5.74, 6) is 0.876. The fourth-order valence-electron chi connectivity index (χ4n) is 2.60. The van der Waals surface area contributed by atoms with E-state index in [-0.39, 0.29) is 0 Å². The van der Waals surface area contributed by atoms with E-state index in [1.807, 2.05) is 38.1 Å². The lowest BCUT2D eigenvalue weighted by Gasteiger charge is -2.17. The third kappa shape index (κ3) is 4.14. The Bertz CT molecular complexity index is 769. The van der Waals surface area contributed by atoms with Crippen molar-refractivity contribution in [3.8, 4) is 5.75 Å². The molecule has 0 radical (unpaired) electrons. The van der Waals surface area contributed by atoms with Crippen LogP contribution in [0.15, 0.2) is 60.8 Å². The molecule has 0 atom stereocenters. The fourth-order valence-corrected chi connectivity index (χ4v) is 2.60. The first-order valence-electron chi connectivity index (χ1n) is 7.99. The SMILES string of the molecule is CC(C)(O)CCn1ccc2cc(OCc3ccccc3)ccc21. The van der Waals surface area contributed by atoms with Gasteiger partial charge in [-0.05, 0) is 50.1 Å². The van der Waals surface area contributed by atoms with Gasteiger partial charge in [0.25, 0.3) is 0 Å². The number of fused-ring (bicyclic) bond motifs is 1. The predicted octanol–water partition coefficient (Wildman–Crippen LogP) is 4.38. The minimum absolute atomic E-state index is 0.575. The molecular formula is C20H23NO2. The Morgan fingerprint density at radius 1 is 1.04 bits per heavy atom. The lowest BCUT2D eigenvalue weighted by molar-refractivity contribution is 0.0666. The highest BCUT2D eigenvalue weighted by Gasteiger charge is 2.13. The zero-order chi connectivity index (χ0) is 16.3. The van der Waals surface area contributed by atoms with Crippen molar-refractivity contribution in [3.63, 3.8) is 0 Å². The molecule has 0 saturated heterocycles. The summed E-state index contributed by atoms with van der Waals surface area (Å²) < 4.78 is 8.05. The van der Waals surface area contributed by atoms with Gasteiger partial charge >= 0.3 is 0 Å². The smallest absolute Gasteiger partial charge is 0.120 e. The summed E-state index contributed by atoms with van der Waals surface area (Å²) >= 11 is 0. The lowest BCUT2D eigenvalue weighted by atomic mass is 10.1. The van der Waals surface area contributed by atoms with Crippen LogP contribution in [0.3, 0.4) is 0 Å². The first-order chi connectivity index (χ1) is 11.0. The van der Waals surface area contributed by atoms with Crippen molar-refractivity contribution in [1.29, 1.82) is 0 Å². The molecular weight excluding hydrogens is 286 g/mol. The van der Waals surface area contributed by atoms with Crippen molar-refractivity contribution in [3.05, 3.63) is 66.4 Å². The maximum atomic E-state index is 9.88. The topological polar surface area (TPSA) is 34.4 Å². The molecule has 1 aromatic heterocycles. The largest absolute Gasteiger partial charge is 0.489 e. The predicted molar refractivity (Wildman–Crippen MR) is 93.6 cm³/mol. The molecule has 120 valence electrons. The van der Waals surface area contributed by atoms with Crippen LogP contribution in [0.2, 0.25) is 0 Å². The molecule has 0 aliphatic heterocycles. The Labute approximate surface area is 137 Å². The Morgan fingerprint density at radius 3 is 2.57 bits per heavy atom. The van der Waals surface area contributed by atoms with Crippen molar-refractivity contribution in [1.82, 2.24) is 4.57 Å². The highest BCUT2D eigenvalue weighted by molar-refractivity contribution is 5.81. The second-order valence-corrected chi connectivity index (χ2v) is 6.57. The molecule has 0 amide bonds. The molecule has 0 aliphatic rings. The van der Waals surface area contributed by atoms with Crippen molar-refractivity contribution in [2.45, 2.75) is 39.0 Å². The maximum absolute atomic E-state index is 9.88. The summed E-state index contributed by atoms with van der Waals surface area (Å²) in [4.78, 5) is 0. The molecule has 0 fully saturated rings. The standard InChI is InChI=1S/C20H23NO2/c1-20(2,22)11-13-21-12-10-17-14-18(8-9-19(17)21)23-15-16-6-4-3-5-7-16/h3-10,12,14,22H,11,13,15H2,1-2H3. The van der Waals surface area contributed by atoms with Gasteiger partial charge in [-0.2, -0.15) is 0 Å². The number of nitrogens with zero attached hydrogens (tertiary/aromatic N) is 1. The van der Waals surface area contributed by atoms with Gasteiger partial charge in [0.1, 0.15) is 12.4 Å². The van der Waals surface area contributed by atoms with Crippen molar-refractivity contribution < 1.29 is 9.84 Å². The normalized spacial score (nSPS) is 11.8. The number of ether oxygens (including phenoxy) is 1. The summed E-state index contributed by atoms with van der Waals surface area (Å²) in [5, 5.41) is 11.0. The van der Waals surface area contributed by atoms with Crippen LogP contribution in [-0.4, -0.2) is 15.3 Å². The Balaban J connectivity index is 1.70. The molecule has 2 aromatic carbocycles. The van der Waals surface area contributed by atoms with Gasteiger partial charge in [0, 0.05) is 23.6 Å². The average molecular weight is 309 g/mol. The number of aromatic nitrogens is 1. The monoisotopic (exact) mass is 309 g/mol. The van der Waals surface area contributed by atoms with E-state index in [1.54, 1.807) is 0 Å². The first kappa shape index (κ1) is 15.6. The molecule has 3 heteroatoms. The van der Waals surface area contributed by atoms with Crippen LogP contribution >= 0.6 is 0 Å². The van der Waals surface area contributed by atoms with Crippen molar-refractivity contribution in [2.24, 2.45) is 0 Å². The van der Waals surface area contributed by atoms with E-state index in [9.17, 15) is 5.11 Å². The van der Waals surface area contributed by atoms with E-state index in [4.69, 9.17) is 4.74 Å². The number of hydrogen-bond acceptors (Lipinski definition) is 2. The molecule has 0 unspecified atom stereocenters. The highest BCUT2D eigenvalue weighted by Crippen LogP contribution is 2.24. The van der Waals surface area contributed by atoms with Gasteiger partial charge < -0.3 is 14.4 Å². The summed E-state index contributed by atoms with van der Waals surface area (Å²) in [6.45, 7) is 5.06. The minimum atomic E-state index is -0.644. The van der Waals surface area contributed by atoms with Gasteiger partial charge in [-0.1, -0.05) is 30.3 Å². The molecule has 3 nitrogen and oxygen atoms in total. The fraction of sp³-hybridized carbons (Fsp3) is 0.300. The Morgan fingerprint density at radius 2 is 1.83 bits per heavy atom. The third-order valence-electron chi connectivity index (χ3n) is 3.96. The van der Waals surface area contributed by atoms with Crippen molar-refractivity contribution >= 4 is 10.9 Å². The third-order valence-corrected chi connectivity index (χ3v) is 3.96. The lowest BCUT2D eigenvalue weighted by Crippen LogP contribution is -2.20. The number of hydrogen-bond donors (Lipinski definition) is 1. The van der Waals surface area contributed by atoms with Crippen LogP contribution < -0.4 is 4.74 Å². The summed E-state index contributed by atoms with van der Waals surface area (Å²) in [5.41, 5.74) is 1.69. The quantitative estimate of drug-likeness (QED) is 0.733. The zero-order valence-electron chi connectivity index (χ0n) is 13.7. The number of aryl methyl sites for hydroxylation is 1. The molecule has 1 N–H and O–H groups in total. The first-order valence-corrected chi connectivity index (χ1v) is 7.99. The second kappa shape index (κ2) is 6.47. The average Bonchev–Trinajstić information content (AvgIpc) is 2.94. The second-order valence-electron chi connectivity index (χ2n) is 6.57. The van der Waals surface area contributed by atoms with Crippen LogP contribution in [0.4, 0.5) is 0 Å². The molecule has 0 aliphatic carbocycles. The molecule has 3 rings (SSSR count). The Kier molecular flexibility index (Phi) is 4.39. The van der Waals surface area contributed by atoms with Gasteiger partial charge in [0.15, 0.2) is 0 Å². The maximum Gasteiger partial charge on any atom is 0.120 e. The van der Waals surface area contributed by atoms with Gasteiger partial charge in [-0.15, -0.1) is 0 Å². The Hall–Kier alpha value is -2.26. The van der Waals surface area contributed by atoms with Gasteiger partial charge in [0.05, 0.1) is 5.60 Å². The van der Waals surface area contributed by atoms with Crippen LogP contribution in [0.25, 0.3) is 10.9 Å². The molecule has 1 heterocycles. The number of aliphatic hydroxyl groups is 1. The van der Waals surface area contributed by atoms with Crippen LogP contribution in [0.1, 0.15) is 25.8 Å². The van der Waals surface area contributed by atoms with Gasteiger partial charge in [-0.25, -0.2) is 0 Å². The summed E-state index contributed by atoms with van der Waals surface area (Å²) in [7, 11) is 0. The van der Waals surface area contributed by atoms with E-state index >= 15 is 0 Å². The number of rotatable bonds is 6. The van der Waals surface area contributed by atoms with Crippen LogP contribution in [0.5, 0.6) is 5.75 Å². The van der Waals surface area contributed by atoms with E-state index in [0.717, 1.165) is 29.7 Å². The minimum Gasteiger partial charge on any atom is -0.489 e. The van der Waals surface area contributed by atoms with E-state index in [0.29, 0.717) is 6.61 Å². The summed E-state index contributed by atoms with van der Waals surface area (Å²) in [6, 6.07) is 18.4. The van der Waals surface area contributed by atoms with Gasteiger partial charge in [-0.3, -0.25) is 0 Å². The highest BCUT2D eigenvalue weighted by atomic mass is 16.5. The number of benzene rings is 2. The van der Waals surface area contributed by atoms with Crippen LogP contribution in [-0.2, 0) is 13.2 Å². The van der Waals surface area contributed by atoms with Crippen molar-refractivity contribution in [2.75, 3.05) is 0 Å². The van der Waals surface area contributed by atoms with E-state index in [1.165, 1.54) is 5.52 Å². The van der Waals surface area contributed by atoms with E-state index < -0.39 is 5.60 Å². The van der Waals surface area contributed by atoms with E-state index in [2.05, 4.69) is 41.1 Å².